The number of halogens is 1. The van der Waals surface area contributed by atoms with Crippen LogP contribution in [0.4, 0.5) is 0 Å². The van der Waals surface area contributed by atoms with Gasteiger partial charge in [-0.05, 0) is 18.3 Å². The van der Waals surface area contributed by atoms with Crippen LogP contribution in [0.5, 0.6) is 0 Å². The standard InChI is InChI=1S/C8H15BrO/c1-6-5-10-4-3-8(6)7(2)9/h6-8H,3-5H2,1-2H3. The topological polar surface area (TPSA) is 9.23 Å². The molecular weight excluding hydrogens is 192 g/mol. The Kier molecular flexibility index (Phi) is 3.18. The molecule has 0 bridgehead atoms. The molecule has 0 radical (unpaired) electrons. The molecule has 0 aliphatic carbocycles. The molecule has 0 amide bonds. The Morgan fingerprint density at radius 1 is 1.60 bits per heavy atom. The van der Waals surface area contributed by atoms with Gasteiger partial charge in [-0.1, -0.05) is 29.8 Å². The van der Waals surface area contributed by atoms with Crippen LogP contribution < -0.4 is 0 Å². The number of hydrogen-bond acceptors (Lipinski definition) is 1. The zero-order valence-corrected chi connectivity index (χ0v) is 8.23. The Balaban J connectivity index is 2.40. The SMILES string of the molecule is CC(Br)C1CCOCC1C. The maximum absolute atomic E-state index is 5.34. The summed E-state index contributed by atoms with van der Waals surface area (Å²) >= 11 is 3.62. The van der Waals surface area contributed by atoms with Crippen molar-refractivity contribution in [3.05, 3.63) is 0 Å². The van der Waals surface area contributed by atoms with E-state index >= 15 is 0 Å². The summed E-state index contributed by atoms with van der Waals surface area (Å²) in [4.78, 5) is 0.645. The largest absolute Gasteiger partial charge is 0.381 e. The van der Waals surface area contributed by atoms with Gasteiger partial charge in [0.05, 0.1) is 0 Å². The second kappa shape index (κ2) is 3.72. The average molecular weight is 207 g/mol. The van der Waals surface area contributed by atoms with Crippen molar-refractivity contribution in [2.75, 3.05) is 13.2 Å². The minimum absolute atomic E-state index is 0.645. The van der Waals surface area contributed by atoms with Gasteiger partial charge in [0.15, 0.2) is 0 Å². The van der Waals surface area contributed by atoms with Crippen molar-refractivity contribution >= 4 is 15.9 Å². The molecule has 60 valence electrons. The first-order valence-electron chi connectivity index (χ1n) is 3.93. The second-order valence-corrected chi connectivity index (χ2v) is 4.63. The first-order valence-corrected chi connectivity index (χ1v) is 4.85. The van der Waals surface area contributed by atoms with E-state index in [1.54, 1.807) is 0 Å². The van der Waals surface area contributed by atoms with Crippen molar-refractivity contribution in [1.82, 2.24) is 0 Å². The maximum atomic E-state index is 5.34. The van der Waals surface area contributed by atoms with E-state index in [9.17, 15) is 0 Å². The molecular formula is C8H15BrO. The van der Waals surface area contributed by atoms with E-state index in [0.29, 0.717) is 4.83 Å². The van der Waals surface area contributed by atoms with Gasteiger partial charge < -0.3 is 4.74 Å². The predicted molar refractivity (Wildman–Crippen MR) is 46.5 cm³/mol. The third-order valence-corrected chi connectivity index (χ3v) is 2.98. The first kappa shape index (κ1) is 8.54. The molecule has 1 aliphatic rings. The lowest BCUT2D eigenvalue weighted by Crippen LogP contribution is -2.29. The summed E-state index contributed by atoms with van der Waals surface area (Å²) in [7, 11) is 0. The minimum atomic E-state index is 0.645. The van der Waals surface area contributed by atoms with Gasteiger partial charge in [-0.3, -0.25) is 0 Å². The monoisotopic (exact) mass is 206 g/mol. The lowest BCUT2D eigenvalue weighted by atomic mass is 9.88. The summed E-state index contributed by atoms with van der Waals surface area (Å²) < 4.78 is 5.34. The maximum Gasteiger partial charge on any atom is 0.0494 e. The van der Waals surface area contributed by atoms with Crippen LogP contribution in [0.15, 0.2) is 0 Å². The Morgan fingerprint density at radius 2 is 2.30 bits per heavy atom. The van der Waals surface area contributed by atoms with Crippen LogP contribution in [0.3, 0.4) is 0 Å². The summed E-state index contributed by atoms with van der Waals surface area (Å²) in [6, 6.07) is 0. The van der Waals surface area contributed by atoms with Crippen molar-refractivity contribution in [3.8, 4) is 0 Å². The number of alkyl halides is 1. The summed E-state index contributed by atoms with van der Waals surface area (Å²) in [5, 5.41) is 0. The predicted octanol–water partition coefficient (Wildman–Crippen LogP) is 2.44. The van der Waals surface area contributed by atoms with Gasteiger partial charge in [-0.15, -0.1) is 0 Å². The van der Waals surface area contributed by atoms with Crippen LogP contribution >= 0.6 is 15.9 Å². The molecule has 3 atom stereocenters. The summed E-state index contributed by atoms with van der Waals surface area (Å²) in [6.07, 6.45) is 1.22. The van der Waals surface area contributed by atoms with Crippen LogP contribution in [0.25, 0.3) is 0 Å². The van der Waals surface area contributed by atoms with Gasteiger partial charge in [-0.25, -0.2) is 0 Å². The Morgan fingerprint density at radius 3 is 2.70 bits per heavy atom. The van der Waals surface area contributed by atoms with Gasteiger partial charge in [-0.2, -0.15) is 0 Å². The van der Waals surface area contributed by atoms with Crippen LogP contribution in [0, 0.1) is 11.8 Å². The second-order valence-electron chi connectivity index (χ2n) is 3.18. The van der Waals surface area contributed by atoms with Crippen molar-refractivity contribution in [2.45, 2.75) is 25.1 Å². The highest BCUT2D eigenvalue weighted by atomic mass is 79.9. The van der Waals surface area contributed by atoms with E-state index in [4.69, 9.17) is 4.74 Å². The van der Waals surface area contributed by atoms with Gasteiger partial charge in [0, 0.05) is 18.0 Å². The fourth-order valence-electron chi connectivity index (χ4n) is 1.58. The zero-order chi connectivity index (χ0) is 7.56. The Bertz CT molecular complexity index is 103. The van der Waals surface area contributed by atoms with Crippen LogP contribution in [-0.4, -0.2) is 18.0 Å². The molecule has 1 aliphatic heterocycles. The molecule has 10 heavy (non-hydrogen) atoms. The average Bonchev–Trinajstić information content (AvgIpc) is 1.88. The molecule has 0 N–H and O–H groups in total. The highest BCUT2D eigenvalue weighted by Crippen LogP contribution is 2.28. The first-order chi connectivity index (χ1) is 4.72. The molecule has 1 fully saturated rings. The molecule has 1 heterocycles. The van der Waals surface area contributed by atoms with Crippen LogP contribution in [0.1, 0.15) is 20.3 Å². The number of ether oxygens (including phenoxy) is 1. The molecule has 0 aromatic carbocycles. The van der Waals surface area contributed by atoms with Gasteiger partial charge in [0.1, 0.15) is 0 Å². The third kappa shape index (κ3) is 1.96. The number of rotatable bonds is 1. The summed E-state index contributed by atoms with van der Waals surface area (Å²) in [6.45, 7) is 6.39. The molecule has 0 aromatic rings. The smallest absolute Gasteiger partial charge is 0.0494 e. The molecule has 1 saturated heterocycles. The molecule has 0 saturated carbocycles. The van der Waals surface area contributed by atoms with E-state index in [2.05, 4.69) is 29.8 Å². The third-order valence-electron chi connectivity index (χ3n) is 2.30. The molecule has 1 nitrogen and oxygen atoms in total. The van der Waals surface area contributed by atoms with Crippen molar-refractivity contribution in [1.29, 1.82) is 0 Å². The van der Waals surface area contributed by atoms with E-state index in [0.717, 1.165) is 25.0 Å². The lowest BCUT2D eigenvalue weighted by molar-refractivity contribution is 0.0255. The minimum Gasteiger partial charge on any atom is -0.381 e. The zero-order valence-electron chi connectivity index (χ0n) is 6.64. The van der Waals surface area contributed by atoms with E-state index in [1.165, 1.54) is 6.42 Å². The quantitative estimate of drug-likeness (QED) is 0.600. The van der Waals surface area contributed by atoms with Crippen LogP contribution in [0.2, 0.25) is 0 Å². The summed E-state index contributed by atoms with van der Waals surface area (Å²) in [5.41, 5.74) is 0. The molecule has 2 heteroatoms. The van der Waals surface area contributed by atoms with Gasteiger partial charge in [0.2, 0.25) is 0 Å². The van der Waals surface area contributed by atoms with Gasteiger partial charge >= 0.3 is 0 Å². The lowest BCUT2D eigenvalue weighted by Gasteiger charge is -2.30. The highest BCUT2D eigenvalue weighted by Gasteiger charge is 2.24. The Hall–Kier alpha value is 0.440. The van der Waals surface area contributed by atoms with Crippen molar-refractivity contribution in [2.24, 2.45) is 11.8 Å². The van der Waals surface area contributed by atoms with E-state index in [-0.39, 0.29) is 0 Å². The molecule has 0 spiro atoms. The Labute approximate surface area is 71.3 Å². The van der Waals surface area contributed by atoms with Gasteiger partial charge in [0.25, 0.3) is 0 Å². The van der Waals surface area contributed by atoms with E-state index in [1.807, 2.05) is 0 Å². The van der Waals surface area contributed by atoms with E-state index < -0.39 is 0 Å². The fourth-order valence-corrected chi connectivity index (χ4v) is 2.36. The van der Waals surface area contributed by atoms with Crippen molar-refractivity contribution < 1.29 is 4.74 Å². The fraction of sp³-hybridized carbons (Fsp3) is 1.00. The summed E-state index contributed by atoms with van der Waals surface area (Å²) in [5.74, 6) is 1.54. The number of hydrogen-bond donors (Lipinski definition) is 0. The van der Waals surface area contributed by atoms with Crippen molar-refractivity contribution in [3.63, 3.8) is 0 Å². The molecule has 1 rings (SSSR count). The normalized spacial score (nSPS) is 37.5. The molecule has 0 aromatic heterocycles. The van der Waals surface area contributed by atoms with Crippen LogP contribution in [-0.2, 0) is 4.74 Å². The molecule has 3 unspecified atom stereocenters. The highest BCUT2D eigenvalue weighted by molar-refractivity contribution is 9.09.